The fourth-order valence-electron chi connectivity index (χ4n) is 3.60. The molecule has 1 aliphatic heterocycles. The van der Waals surface area contributed by atoms with E-state index >= 15 is 0 Å². The van der Waals surface area contributed by atoms with E-state index in [0.29, 0.717) is 5.25 Å². The Labute approximate surface area is 161 Å². The Hall–Kier alpha value is -1.75. The van der Waals surface area contributed by atoms with Gasteiger partial charge in [0.15, 0.2) is 0 Å². The Bertz CT molecular complexity index is 738. The van der Waals surface area contributed by atoms with Crippen LogP contribution in [-0.4, -0.2) is 44.7 Å². The van der Waals surface area contributed by atoms with E-state index in [9.17, 15) is 4.79 Å². The van der Waals surface area contributed by atoms with E-state index in [1.165, 1.54) is 18.4 Å². The van der Waals surface area contributed by atoms with Crippen molar-refractivity contribution < 1.29 is 4.79 Å². The van der Waals surface area contributed by atoms with Crippen LogP contribution in [0, 0.1) is 13.8 Å². The van der Waals surface area contributed by atoms with Crippen molar-refractivity contribution in [2.24, 2.45) is 0 Å². The molecule has 0 saturated carbocycles. The molecule has 1 aromatic heterocycles. The summed E-state index contributed by atoms with van der Waals surface area (Å²) in [5.41, 5.74) is 4.16. The fraction of sp³-hybridized carbons (Fsp3) is 0.524. The minimum absolute atomic E-state index is 0.172. The van der Waals surface area contributed by atoms with E-state index < -0.39 is 0 Å². The highest BCUT2D eigenvalue weighted by molar-refractivity contribution is 7.99. The molecule has 1 fully saturated rings. The van der Waals surface area contributed by atoms with Gasteiger partial charge in [-0.15, -0.1) is 0 Å². The van der Waals surface area contributed by atoms with Gasteiger partial charge in [0.1, 0.15) is 0 Å². The first kappa shape index (κ1) is 19.0. The van der Waals surface area contributed by atoms with Crippen molar-refractivity contribution in [3.63, 3.8) is 0 Å². The molecule has 1 saturated heterocycles. The third kappa shape index (κ3) is 4.70. The molecular weight excluding hydrogens is 342 g/mol. The number of hydrogen-bond acceptors (Lipinski definition) is 3. The molecule has 4 nitrogen and oxygen atoms in total. The van der Waals surface area contributed by atoms with Crippen LogP contribution in [0.3, 0.4) is 0 Å². The monoisotopic (exact) mass is 371 g/mol. The molecule has 140 valence electrons. The molecule has 26 heavy (non-hydrogen) atoms. The topological polar surface area (TPSA) is 38.1 Å². The number of carbonyl (C=O) groups excluding carboxylic acids is 1. The SMILES string of the molecule is CCSC1CCCCN(C(=O)c2ccc(Cn3nc(C)cc3C)cc2)C1. The quantitative estimate of drug-likeness (QED) is 0.787. The van der Waals surface area contributed by atoms with Crippen LogP contribution < -0.4 is 0 Å². The lowest BCUT2D eigenvalue weighted by molar-refractivity contribution is 0.0763. The first-order chi connectivity index (χ1) is 12.6. The van der Waals surface area contributed by atoms with Gasteiger partial charge in [-0.1, -0.05) is 25.5 Å². The Morgan fingerprint density at radius 3 is 2.65 bits per heavy atom. The van der Waals surface area contributed by atoms with Crippen molar-refractivity contribution in [1.82, 2.24) is 14.7 Å². The number of aromatic nitrogens is 2. The fourth-order valence-corrected chi connectivity index (χ4v) is 4.69. The number of benzene rings is 1. The molecule has 2 heterocycles. The lowest BCUT2D eigenvalue weighted by Gasteiger charge is -2.24. The summed E-state index contributed by atoms with van der Waals surface area (Å²) in [6.07, 6.45) is 3.56. The van der Waals surface area contributed by atoms with E-state index in [1.54, 1.807) is 0 Å². The molecule has 1 aromatic carbocycles. The zero-order chi connectivity index (χ0) is 18.5. The van der Waals surface area contributed by atoms with Gasteiger partial charge < -0.3 is 4.90 Å². The molecule has 0 aliphatic carbocycles. The van der Waals surface area contributed by atoms with Gasteiger partial charge in [-0.3, -0.25) is 9.48 Å². The average Bonchev–Trinajstić information content (AvgIpc) is 2.82. The lowest BCUT2D eigenvalue weighted by atomic mass is 10.1. The predicted molar refractivity (Wildman–Crippen MR) is 109 cm³/mol. The smallest absolute Gasteiger partial charge is 0.253 e. The maximum absolute atomic E-state index is 12.9. The third-order valence-electron chi connectivity index (χ3n) is 4.95. The normalized spacial score (nSPS) is 18.0. The van der Waals surface area contributed by atoms with Crippen molar-refractivity contribution in [2.45, 2.75) is 51.8 Å². The summed E-state index contributed by atoms with van der Waals surface area (Å²) < 4.78 is 2.01. The number of carbonyl (C=O) groups is 1. The highest BCUT2D eigenvalue weighted by Gasteiger charge is 2.22. The van der Waals surface area contributed by atoms with Gasteiger partial charge >= 0.3 is 0 Å². The summed E-state index contributed by atoms with van der Waals surface area (Å²) in [5, 5.41) is 5.09. The van der Waals surface area contributed by atoms with Crippen LogP contribution in [0.1, 0.15) is 53.5 Å². The molecule has 0 bridgehead atoms. The van der Waals surface area contributed by atoms with Gasteiger partial charge in [0.25, 0.3) is 5.91 Å². The van der Waals surface area contributed by atoms with Crippen LogP contribution in [0.25, 0.3) is 0 Å². The highest BCUT2D eigenvalue weighted by Crippen LogP contribution is 2.23. The molecule has 0 radical (unpaired) electrons. The second-order valence-electron chi connectivity index (χ2n) is 7.11. The van der Waals surface area contributed by atoms with Crippen molar-refractivity contribution in [2.75, 3.05) is 18.8 Å². The number of amides is 1. The number of likely N-dealkylation sites (tertiary alicyclic amines) is 1. The van der Waals surface area contributed by atoms with Crippen LogP contribution in [0.2, 0.25) is 0 Å². The van der Waals surface area contributed by atoms with E-state index in [-0.39, 0.29) is 5.91 Å². The molecule has 1 amide bonds. The summed E-state index contributed by atoms with van der Waals surface area (Å²) >= 11 is 1.99. The summed E-state index contributed by atoms with van der Waals surface area (Å²) in [7, 11) is 0. The first-order valence-corrected chi connectivity index (χ1v) is 10.6. The van der Waals surface area contributed by atoms with Gasteiger partial charge in [-0.2, -0.15) is 16.9 Å². The maximum Gasteiger partial charge on any atom is 0.253 e. The molecule has 2 aromatic rings. The summed E-state index contributed by atoms with van der Waals surface area (Å²) in [6.45, 7) is 8.78. The molecule has 1 aliphatic rings. The average molecular weight is 372 g/mol. The Balaban J connectivity index is 1.67. The number of rotatable bonds is 5. The van der Waals surface area contributed by atoms with Crippen LogP contribution in [0.15, 0.2) is 30.3 Å². The first-order valence-electron chi connectivity index (χ1n) is 9.57. The van der Waals surface area contributed by atoms with Crippen molar-refractivity contribution in [1.29, 1.82) is 0 Å². The van der Waals surface area contributed by atoms with Crippen LogP contribution in [0.4, 0.5) is 0 Å². The number of nitrogens with zero attached hydrogens (tertiary/aromatic N) is 3. The predicted octanol–water partition coefficient (Wildman–Crippen LogP) is 4.30. The van der Waals surface area contributed by atoms with E-state index in [4.69, 9.17) is 0 Å². The van der Waals surface area contributed by atoms with Crippen molar-refractivity contribution >= 4 is 17.7 Å². The number of hydrogen-bond donors (Lipinski definition) is 0. The van der Waals surface area contributed by atoms with E-state index in [0.717, 1.165) is 48.8 Å². The van der Waals surface area contributed by atoms with Gasteiger partial charge in [-0.25, -0.2) is 0 Å². The van der Waals surface area contributed by atoms with Crippen molar-refractivity contribution in [3.05, 3.63) is 52.8 Å². The molecule has 1 atom stereocenters. The third-order valence-corrected chi connectivity index (χ3v) is 6.14. The van der Waals surface area contributed by atoms with Crippen LogP contribution in [0.5, 0.6) is 0 Å². The number of thioether (sulfide) groups is 1. The minimum Gasteiger partial charge on any atom is -0.338 e. The van der Waals surface area contributed by atoms with Crippen LogP contribution in [-0.2, 0) is 6.54 Å². The second-order valence-corrected chi connectivity index (χ2v) is 8.68. The van der Waals surface area contributed by atoms with E-state index in [2.05, 4.69) is 42.0 Å². The largest absolute Gasteiger partial charge is 0.338 e. The summed E-state index contributed by atoms with van der Waals surface area (Å²) in [5.74, 6) is 1.29. The standard InChI is InChI=1S/C21H29N3OS/c1-4-26-20-7-5-6-12-23(15-20)21(25)19-10-8-18(9-11-19)14-24-17(3)13-16(2)22-24/h8-11,13,20H,4-7,12,14-15H2,1-3H3. The lowest BCUT2D eigenvalue weighted by Crippen LogP contribution is -2.35. The zero-order valence-electron chi connectivity index (χ0n) is 16.1. The molecular formula is C21H29N3OS. The zero-order valence-corrected chi connectivity index (χ0v) is 16.9. The van der Waals surface area contributed by atoms with Gasteiger partial charge in [-0.05, 0) is 56.2 Å². The van der Waals surface area contributed by atoms with Gasteiger partial charge in [0, 0.05) is 29.6 Å². The van der Waals surface area contributed by atoms with Crippen LogP contribution >= 0.6 is 11.8 Å². The molecule has 0 spiro atoms. The van der Waals surface area contributed by atoms with Crippen molar-refractivity contribution in [3.8, 4) is 0 Å². The minimum atomic E-state index is 0.172. The second kappa shape index (κ2) is 8.76. The Morgan fingerprint density at radius 1 is 1.23 bits per heavy atom. The summed E-state index contributed by atoms with van der Waals surface area (Å²) in [4.78, 5) is 15.0. The number of aryl methyl sites for hydroxylation is 2. The Kier molecular flexibility index (Phi) is 6.41. The molecule has 3 rings (SSSR count). The molecule has 5 heteroatoms. The summed E-state index contributed by atoms with van der Waals surface area (Å²) in [6, 6.07) is 10.1. The maximum atomic E-state index is 12.9. The molecule has 0 N–H and O–H groups in total. The molecule has 1 unspecified atom stereocenters. The van der Waals surface area contributed by atoms with Gasteiger partial charge in [0.2, 0.25) is 0 Å². The Morgan fingerprint density at radius 2 is 2.00 bits per heavy atom. The highest BCUT2D eigenvalue weighted by atomic mass is 32.2. The van der Waals surface area contributed by atoms with Gasteiger partial charge in [0.05, 0.1) is 12.2 Å². The van der Waals surface area contributed by atoms with E-state index in [1.807, 2.05) is 35.5 Å².